The number of hydrogen-bond acceptors (Lipinski definition) is 5. The van der Waals surface area contributed by atoms with Crippen LogP contribution in [0.2, 0.25) is 5.02 Å². The van der Waals surface area contributed by atoms with Gasteiger partial charge in [0.15, 0.2) is 11.5 Å². The molecule has 0 bridgehead atoms. The molecule has 7 heteroatoms. The van der Waals surface area contributed by atoms with Gasteiger partial charge in [0.1, 0.15) is 12.4 Å². The first kappa shape index (κ1) is 21.5. The van der Waals surface area contributed by atoms with Crippen LogP contribution in [-0.4, -0.2) is 24.1 Å². The Morgan fingerprint density at radius 3 is 2.60 bits per heavy atom. The van der Waals surface area contributed by atoms with Crippen molar-refractivity contribution in [3.8, 4) is 17.2 Å². The molecule has 0 unspecified atom stereocenters. The number of rotatable bonds is 8. The Morgan fingerprint density at radius 2 is 1.90 bits per heavy atom. The summed E-state index contributed by atoms with van der Waals surface area (Å²) < 4.78 is 17.0. The molecular weight excluding hydrogens is 404 g/mol. The van der Waals surface area contributed by atoms with Gasteiger partial charge in [0.25, 0.3) is 5.91 Å². The average Bonchev–Trinajstić information content (AvgIpc) is 2.74. The second-order valence-electron chi connectivity index (χ2n) is 6.78. The number of hydrogen-bond donors (Lipinski definition) is 1. The summed E-state index contributed by atoms with van der Waals surface area (Å²) in [4.78, 5) is 17.0. The predicted molar refractivity (Wildman–Crippen MR) is 117 cm³/mol. The van der Waals surface area contributed by atoms with Crippen LogP contribution in [0.1, 0.15) is 29.8 Å². The van der Waals surface area contributed by atoms with Crippen LogP contribution >= 0.6 is 11.6 Å². The Labute approximate surface area is 180 Å². The minimum absolute atomic E-state index is 0.0776. The summed E-state index contributed by atoms with van der Waals surface area (Å²) in [6.45, 7) is 4.11. The summed E-state index contributed by atoms with van der Waals surface area (Å²) >= 11 is 6.09. The minimum Gasteiger partial charge on any atom is -0.493 e. The zero-order valence-corrected chi connectivity index (χ0v) is 17.8. The van der Waals surface area contributed by atoms with Gasteiger partial charge in [-0.3, -0.25) is 9.78 Å². The van der Waals surface area contributed by atoms with Crippen LogP contribution in [0.3, 0.4) is 0 Å². The smallest absolute Gasteiger partial charge is 0.259 e. The number of ether oxygens (including phenoxy) is 3. The van der Waals surface area contributed by atoms with E-state index in [4.69, 9.17) is 25.8 Å². The molecule has 0 fully saturated rings. The van der Waals surface area contributed by atoms with Crippen molar-refractivity contribution in [2.24, 2.45) is 0 Å². The summed E-state index contributed by atoms with van der Waals surface area (Å²) in [6.07, 6.45) is 3.35. The van der Waals surface area contributed by atoms with Gasteiger partial charge in [0.2, 0.25) is 0 Å². The number of benzene rings is 2. The monoisotopic (exact) mass is 426 g/mol. The Bertz CT molecular complexity index is 1010. The van der Waals surface area contributed by atoms with E-state index in [1.54, 1.807) is 55.9 Å². The first-order valence-corrected chi connectivity index (χ1v) is 9.81. The zero-order valence-electron chi connectivity index (χ0n) is 17.0. The van der Waals surface area contributed by atoms with Crippen molar-refractivity contribution in [2.75, 3.05) is 12.4 Å². The van der Waals surface area contributed by atoms with Gasteiger partial charge in [0, 0.05) is 34.7 Å². The number of anilines is 1. The number of pyridine rings is 1. The van der Waals surface area contributed by atoms with Crippen molar-refractivity contribution in [1.82, 2.24) is 4.98 Å². The van der Waals surface area contributed by atoms with E-state index in [9.17, 15) is 4.79 Å². The largest absolute Gasteiger partial charge is 0.493 e. The lowest BCUT2D eigenvalue weighted by molar-refractivity contribution is 0.102. The van der Waals surface area contributed by atoms with Gasteiger partial charge in [0.05, 0.1) is 18.8 Å². The third kappa shape index (κ3) is 5.64. The van der Waals surface area contributed by atoms with E-state index in [1.165, 1.54) is 0 Å². The van der Waals surface area contributed by atoms with E-state index in [1.807, 2.05) is 26.0 Å². The van der Waals surface area contributed by atoms with Crippen LogP contribution < -0.4 is 19.5 Å². The molecule has 2 aromatic carbocycles. The average molecular weight is 427 g/mol. The lowest BCUT2D eigenvalue weighted by Crippen LogP contribution is -2.16. The van der Waals surface area contributed by atoms with Crippen molar-refractivity contribution in [1.29, 1.82) is 0 Å². The number of amides is 1. The maximum absolute atomic E-state index is 12.9. The molecule has 0 aliphatic carbocycles. The van der Waals surface area contributed by atoms with Crippen molar-refractivity contribution in [3.63, 3.8) is 0 Å². The lowest BCUT2D eigenvalue weighted by atomic mass is 10.1. The number of nitrogens with one attached hydrogen (secondary N) is 1. The van der Waals surface area contributed by atoms with Gasteiger partial charge in [-0.15, -0.1) is 0 Å². The second-order valence-corrected chi connectivity index (χ2v) is 7.21. The molecule has 6 nitrogen and oxygen atoms in total. The van der Waals surface area contributed by atoms with Crippen LogP contribution in [0.4, 0.5) is 5.69 Å². The number of nitrogens with zero attached hydrogens (tertiary/aromatic N) is 1. The van der Waals surface area contributed by atoms with Gasteiger partial charge in [-0.1, -0.05) is 17.7 Å². The third-order valence-corrected chi connectivity index (χ3v) is 4.32. The van der Waals surface area contributed by atoms with Crippen LogP contribution in [0.15, 0.2) is 60.9 Å². The summed E-state index contributed by atoms with van der Waals surface area (Å²) in [5.74, 6) is 1.19. The fourth-order valence-electron chi connectivity index (χ4n) is 2.75. The molecular formula is C23H23ClN2O4. The Balaban J connectivity index is 1.79. The van der Waals surface area contributed by atoms with Gasteiger partial charge in [-0.25, -0.2) is 0 Å². The van der Waals surface area contributed by atoms with E-state index < -0.39 is 0 Å². The fourth-order valence-corrected chi connectivity index (χ4v) is 2.92. The van der Waals surface area contributed by atoms with Gasteiger partial charge in [-0.05, 0) is 50.2 Å². The molecule has 0 saturated heterocycles. The van der Waals surface area contributed by atoms with E-state index >= 15 is 0 Å². The van der Waals surface area contributed by atoms with Gasteiger partial charge in [-0.2, -0.15) is 0 Å². The highest BCUT2D eigenvalue weighted by molar-refractivity contribution is 6.31. The third-order valence-electron chi connectivity index (χ3n) is 4.09. The summed E-state index contributed by atoms with van der Waals surface area (Å²) in [7, 11) is 1.56. The molecule has 0 spiro atoms. The first-order valence-electron chi connectivity index (χ1n) is 9.43. The Morgan fingerprint density at radius 1 is 1.10 bits per heavy atom. The molecule has 0 aliphatic heterocycles. The molecule has 0 aliphatic rings. The lowest BCUT2D eigenvalue weighted by Gasteiger charge is -2.16. The number of carbonyl (C=O) groups is 1. The Kier molecular flexibility index (Phi) is 7.14. The molecule has 1 N–H and O–H groups in total. The molecule has 30 heavy (non-hydrogen) atoms. The molecule has 0 saturated carbocycles. The summed E-state index contributed by atoms with van der Waals surface area (Å²) in [6, 6.07) is 13.9. The molecule has 1 aromatic heterocycles. The minimum atomic E-state index is -0.337. The quantitative estimate of drug-likeness (QED) is 0.525. The zero-order chi connectivity index (χ0) is 21.5. The second kappa shape index (κ2) is 9.98. The normalized spacial score (nSPS) is 10.6. The predicted octanol–water partition coefficient (Wildman–Crippen LogP) is 5.36. The highest BCUT2D eigenvalue weighted by Crippen LogP contribution is 2.32. The SMILES string of the molecule is COc1ccc(NC(=O)c2cc(Cl)ccc2OC(C)C)cc1OCc1cccnc1. The highest BCUT2D eigenvalue weighted by Gasteiger charge is 2.16. The van der Waals surface area contributed by atoms with Crippen LogP contribution in [0.25, 0.3) is 0 Å². The van der Waals surface area contributed by atoms with Crippen molar-refractivity contribution in [2.45, 2.75) is 26.6 Å². The Hall–Kier alpha value is -3.25. The number of aromatic nitrogens is 1. The van der Waals surface area contributed by atoms with E-state index in [2.05, 4.69) is 10.3 Å². The highest BCUT2D eigenvalue weighted by atomic mass is 35.5. The summed E-state index contributed by atoms with van der Waals surface area (Å²) in [5, 5.41) is 3.31. The molecule has 1 amide bonds. The first-order chi connectivity index (χ1) is 14.5. The maximum atomic E-state index is 12.9. The molecule has 0 radical (unpaired) electrons. The maximum Gasteiger partial charge on any atom is 0.259 e. The van der Waals surface area contributed by atoms with Crippen LogP contribution in [0.5, 0.6) is 17.2 Å². The molecule has 3 aromatic rings. The van der Waals surface area contributed by atoms with Crippen LogP contribution in [0, 0.1) is 0 Å². The van der Waals surface area contributed by atoms with E-state index in [0.29, 0.717) is 40.1 Å². The van der Waals surface area contributed by atoms with Crippen LogP contribution in [-0.2, 0) is 6.61 Å². The topological polar surface area (TPSA) is 69.7 Å². The molecule has 156 valence electrons. The van der Waals surface area contributed by atoms with Crippen molar-refractivity contribution >= 4 is 23.2 Å². The standard InChI is InChI=1S/C23H23ClN2O4/c1-15(2)30-20-8-6-17(24)11-19(20)23(27)26-18-7-9-21(28-3)22(12-18)29-14-16-5-4-10-25-13-16/h4-13,15H,14H2,1-3H3,(H,26,27). The van der Waals surface area contributed by atoms with Crippen molar-refractivity contribution in [3.05, 3.63) is 77.1 Å². The number of halogens is 1. The molecule has 0 atom stereocenters. The molecule has 1 heterocycles. The number of carbonyl (C=O) groups excluding carboxylic acids is 1. The van der Waals surface area contributed by atoms with E-state index in [0.717, 1.165) is 5.56 Å². The van der Waals surface area contributed by atoms with Crippen molar-refractivity contribution < 1.29 is 19.0 Å². The van der Waals surface area contributed by atoms with Gasteiger partial charge < -0.3 is 19.5 Å². The number of methoxy groups -OCH3 is 1. The molecule has 3 rings (SSSR count). The van der Waals surface area contributed by atoms with Gasteiger partial charge >= 0.3 is 0 Å². The summed E-state index contributed by atoms with van der Waals surface area (Å²) in [5.41, 5.74) is 1.82. The van der Waals surface area contributed by atoms with E-state index in [-0.39, 0.29) is 12.0 Å². The fraction of sp³-hybridized carbons (Fsp3) is 0.217.